The van der Waals surface area contributed by atoms with Gasteiger partial charge < -0.3 is 14.8 Å². The van der Waals surface area contributed by atoms with E-state index in [0.717, 1.165) is 17.3 Å². The molecule has 4 heteroatoms. The predicted molar refractivity (Wildman–Crippen MR) is 107 cm³/mol. The summed E-state index contributed by atoms with van der Waals surface area (Å²) in [6.45, 7) is 4.96. The first-order chi connectivity index (χ1) is 11.5. The minimum atomic E-state index is 0.733. The Balaban J connectivity index is 1.77. The van der Waals surface area contributed by atoms with E-state index >= 15 is 0 Å². The van der Waals surface area contributed by atoms with Gasteiger partial charge in [-0.1, -0.05) is 30.3 Å². The lowest BCUT2D eigenvalue weighted by Gasteiger charge is -2.22. The van der Waals surface area contributed by atoms with Crippen LogP contribution in [-0.4, -0.2) is 21.6 Å². The molecule has 1 N–H and O–H groups in total. The van der Waals surface area contributed by atoms with Crippen molar-refractivity contribution in [3.63, 3.8) is 0 Å². The SMILES string of the molecule is Cc1ccc(C)c(NC(=S)N(C)Cc2cn(C)c3ccccc23)c1. The highest BCUT2D eigenvalue weighted by Crippen LogP contribution is 2.22. The second-order valence-electron chi connectivity index (χ2n) is 6.39. The van der Waals surface area contributed by atoms with E-state index in [0.29, 0.717) is 0 Å². The molecule has 0 amide bonds. The van der Waals surface area contributed by atoms with Crippen molar-refractivity contribution in [2.24, 2.45) is 7.05 Å². The maximum atomic E-state index is 5.60. The van der Waals surface area contributed by atoms with E-state index in [2.05, 4.69) is 84.3 Å². The van der Waals surface area contributed by atoms with Crippen molar-refractivity contribution in [1.82, 2.24) is 9.47 Å². The van der Waals surface area contributed by atoms with E-state index in [1.54, 1.807) is 0 Å². The van der Waals surface area contributed by atoms with Crippen LogP contribution in [0, 0.1) is 13.8 Å². The Hall–Kier alpha value is -2.33. The molecule has 0 aliphatic carbocycles. The van der Waals surface area contributed by atoms with E-state index < -0.39 is 0 Å². The summed E-state index contributed by atoms with van der Waals surface area (Å²) in [5.74, 6) is 0. The van der Waals surface area contributed by atoms with Crippen LogP contribution in [-0.2, 0) is 13.6 Å². The standard InChI is InChI=1S/C20H23N3S/c1-14-9-10-15(2)18(11-14)21-20(24)23(4)13-16-12-22(3)19-8-6-5-7-17(16)19/h5-12H,13H2,1-4H3,(H,21,24). The molecule has 1 aromatic heterocycles. The highest BCUT2D eigenvalue weighted by Gasteiger charge is 2.11. The van der Waals surface area contributed by atoms with Crippen LogP contribution in [0.25, 0.3) is 10.9 Å². The number of hydrogen-bond donors (Lipinski definition) is 1. The van der Waals surface area contributed by atoms with E-state index in [1.165, 1.54) is 27.6 Å². The molecule has 124 valence electrons. The number of nitrogens with one attached hydrogen (secondary N) is 1. The molecule has 0 saturated carbocycles. The normalized spacial score (nSPS) is 10.8. The Kier molecular flexibility index (Phi) is 4.58. The molecule has 0 unspecified atom stereocenters. The number of rotatable bonds is 3. The Morgan fingerprint density at radius 1 is 1.17 bits per heavy atom. The summed E-state index contributed by atoms with van der Waals surface area (Å²) in [4.78, 5) is 2.08. The number of hydrogen-bond acceptors (Lipinski definition) is 1. The number of thiocarbonyl (C=S) groups is 1. The van der Waals surface area contributed by atoms with Crippen molar-refractivity contribution in [2.45, 2.75) is 20.4 Å². The van der Waals surface area contributed by atoms with Crippen molar-refractivity contribution in [1.29, 1.82) is 0 Å². The lowest BCUT2D eigenvalue weighted by Crippen LogP contribution is -2.30. The number of aromatic nitrogens is 1. The number of anilines is 1. The van der Waals surface area contributed by atoms with Gasteiger partial charge in [0.25, 0.3) is 0 Å². The quantitative estimate of drug-likeness (QED) is 0.704. The zero-order valence-corrected chi connectivity index (χ0v) is 15.4. The van der Waals surface area contributed by atoms with Crippen LogP contribution in [0.3, 0.4) is 0 Å². The van der Waals surface area contributed by atoms with Crippen LogP contribution in [0.1, 0.15) is 16.7 Å². The van der Waals surface area contributed by atoms with Gasteiger partial charge in [-0.15, -0.1) is 0 Å². The summed E-state index contributed by atoms with van der Waals surface area (Å²) in [6.07, 6.45) is 2.18. The first-order valence-corrected chi connectivity index (χ1v) is 8.49. The molecule has 0 bridgehead atoms. The largest absolute Gasteiger partial charge is 0.350 e. The molecule has 3 aromatic rings. The van der Waals surface area contributed by atoms with Crippen molar-refractivity contribution in [3.8, 4) is 0 Å². The first kappa shape index (κ1) is 16.5. The van der Waals surface area contributed by atoms with Gasteiger partial charge in [0, 0.05) is 43.4 Å². The Morgan fingerprint density at radius 2 is 1.92 bits per heavy atom. The van der Waals surface area contributed by atoms with E-state index in [9.17, 15) is 0 Å². The van der Waals surface area contributed by atoms with E-state index in [4.69, 9.17) is 12.2 Å². The van der Waals surface area contributed by atoms with Gasteiger partial charge in [0.15, 0.2) is 5.11 Å². The fourth-order valence-corrected chi connectivity index (χ4v) is 3.13. The number of aryl methyl sites for hydroxylation is 3. The molecule has 0 atom stereocenters. The third-order valence-electron chi connectivity index (χ3n) is 4.37. The molecule has 0 fully saturated rings. The van der Waals surface area contributed by atoms with Crippen LogP contribution in [0.2, 0.25) is 0 Å². The smallest absolute Gasteiger partial charge is 0.173 e. The van der Waals surface area contributed by atoms with Crippen LogP contribution < -0.4 is 5.32 Å². The maximum absolute atomic E-state index is 5.60. The van der Waals surface area contributed by atoms with Crippen LogP contribution in [0.5, 0.6) is 0 Å². The highest BCUT2D eigenvalue weighted by molar-refractivity contribution is 7.80. The highest BCUT2D eigenvalue weighted by atomic mass is 32.1. The molecule has 3 nitrogen and oxygen atoms in total. The Labute approximate surface area is 148 Å². The van der Waals surface area contributed by atoms with E-state index in [1.807, 2.05) is 7.05 Å². The zero-order chi connectivity index (χ0) is 17.3. The average molecular weight is 337 g/mol. The lowest BCUT2D eigenvalue weighted by atomic mass is 10.1. The Morgan fingerprint density at radius 3 is 2.71 bits per heavy atom. The maximum Gasteiger partial charge on any atom is 0.173 e. The van der Waals surface area contributed by atoms with E-state index in [-0.39, 0.29) is 0 Å². The minimum absolute atomic E-state index is 0.733. The molecule has 0 saturated heterocycles. The summed E-state index contributed by atoms with van der Waals surface area (Å²) >= 11 is 5.60. The van der Waals surface area contributed by atoms with Crippen molar-refractivity contribution in [3.05, 3.63) is 65.4 Å². The first-order valence-electron chi connectivity index (χ1n) is 8.08. The second-order valence-corrected chi connectivity index (χ2v) is 6.77. The number of benzene rings is 2. The van der Waals surface area contributed by atoms with Gasteiger partial charge in [-0.05, 0) is 54.9 Å². The summed E-state index contributed by atoms with van der Waals surface area (Å²) in [5.41, 5.74) is 6.02. The molecule has 1 heterocycles. The van der Waals surface area contributed by atoms with Gasteiger partial charge in [0.05, 0.1) is 0 Å². The lowest BCUT2D eigenvalue weighted by molar-refractivity contribution is 0.510. The van der Waals surface area contributed by atoms with Gasteiger partial charge in [0.2, 0.25) is 0 Å². The zero-order valence-electron chi connectivity index (χ0n) is 14.6. The molecular weight excluding hydrogens is 314 g/mol. The fraction of sp³-hybridized carbons (Fsp3) is 0.250. The average Bonchev–Trinajstić information content (AvgIpc) is 2.87. The number of fused-ring (bicyclic) bond motifs is 1. The molecule has 0 aliphatic heterocycles. The van der Waals surface area contributed by atoms with Crippen molar-refractivity contribution in [2.75, 3.05) is 12.4 Å². The minimum Gasteiger partial charge on any atom is -0.350 e. The molecule has 24 heavy (non-hydrogen) atoms. The number of para-hydroxylation sites is 1. The summed E-state index contributed by atoms with van der Waals surface area (Å²) in [7, 11) is 4.11. The molecule has 0 aliphatic rings. The number of nitrogens with zero attached hydrogens (tertiary/aromatic N) is 2. The van der Waals surface area contributed by atoms with Gasteiger partial charge in [-0.3, -0.25) is 0 Å². The van der Waals surface area contributed by atoms with Crippen LogP contribution >= 0.6 is 12.2 Å². The van der Waals surface area contributed by atoms with Gasteiger partial charge in [0.1, 0.15) is 0 Å². The topological polar surface area (TPSA) is 20.2 Å². The fourth-order valence-electron chi connectivity index (χ4n) is 2.96. The van der Waals surface area contributed by atoms with Crippen molar-refractivity contribution < 1.29 is 0 Å². The summed E-state index contributed by atoms with van der Waals surface area (Å²) in [5, 5.41) is 5.39. The molecule has 0 spiro atoms. The summed E-state index contributed by atoms with van der Waals surface area (Å²) in [6, 6.07) is 14.8. The Bertz CT molecular complexity index is 895. The monoisotopic (exact) mass is 337 g/mol. The van der Waals surface area contributed by atoms with Gasteiger partial charge >= 0.3 is 0 Å². The molecule has 0 radical (unpaired) electrons. The van der Waals surface area contributed by atoms with Gasteiger partial charge in [-0.25, -0.2) is 0 Å². The molecule has 3 rings (SSSR count). The second kappa shape index (κ2) is 6.65. The molecule has 2 aromatic carbocycles. The predicted octanol–water partition coefficient (Wildman–Crippen LogP) is 4.62. The molecular formula is C20H23N3S. The van der Waals surface area contributed by atoms with Gasteiger partial charge in [-0.2, -0.15) is 0 Å². The van der Waals surface area contributed by atoms with Crippen LogP contribution in [0.15, 0.2) is 48.7 Å². The third kappa shape index (κ3) is 3.29. The van der Waals surface area contributed by atoms with Crippen molar-refractivity contribution >= 4 is 33.9 Å². The van der Waals surface area contributed by atoms with Crippen LogP contribution in [0.4, 0.5) is 5.69 Å². The third-order valence-corrected chi connectivity index (χ3v) is 4.78. The summed E-state index contributed by atoms with van der Waals surface area (Å²) < 4.78 is 2.17.